The Labute approximate surface area is 146 Å². The van der Waals surface area contributed by atoms with Crippen LogP contribution in [-0.2, 0) is 11.8 Å². The van der Waals surface area contributed by atoms with Crippen LogP contribution in [0, 0.1) is 10.1 Å². The van der Waals surface area contributed by atoms with Crippen LogP contribution in [0.4, 0.5) is 5.69 Å². The lowest BCUT2D eigenvalue weighted by Crippen LogP contribution is -2.21. The summed E-state index contributed by atoms with van der Waals surface area (Å²) in [5.74, 6) is -0.379. The predicted molar refractivity (Wildman–Crippen MR) is 96.6 cm³/mol. The Hall–Kier alpha value is -3.26. The van der Waals surface area contributed by atoms with Crippen LogP contribution in [0.3, 0.4) is 0 Å². The predicted octanol–water partition coefficient (Wildman–Crippen LogP) is 2.79. The van der Waals surface area contributed by atoms with Crippen LogP contribution in [0.2, 0.25) is 0 Å². The topological polar surface area (TPSA) is 89.5 Å². The standard InChI is InChI=1S/C17H14N4O3S/c1-20-14-4-2-3-5-15(14)25-17(20)19-18-16(22)11-8-12-6-9-13(10-7-12)21(23)24/h2-11H,1H3,(H,18,22)/b11-8+,19-17+. The Kier molecular flexibility index (Phi) is 4.71. The maximum absolute atomic E-state index is 11.9. The number of hydrogen-bond acceptors (Lipinski definition) is 5. The molecule has 1 aromatic heterocycles. The molecule has 2 aromatic carbocycles. The normalized spacial score (nSPS) is 12.0. The minimum Gasteiger partial charge on any atom is -0.318 e. The van der Waals surface area contributed by atoms with Crippen LogP contribution in [0.1, 0.15) is 5.56 Å². The van der Waals surface area contributed by atoms with Gasteiger partial charge in [0.15, 0.2) is 0 Å². The molecule has 0 radical (unpaired) electrons. The van der Waals surface area contributed by atoms with Crippen molar-refractivity contribution in [3.63, 3.8) is 0 Å². The summed E-state index contributed by atoms with van der Waals surface area (Å²) in [5, 5.41) is 14.7. The van der Waals surface area contributed by atoms with Gasteiger partial charge in [-0.05, 0) is 35.9 Å². The van der Waals surface area contributed by atoms with Crippen molar-refractivity contribution in [2.24, 2.45) is 12.1 Å². The molecule has 1 heterocycles. The number of non-ortho nitro benzene ring substituents is 1. The van der Waals surface area contributed by atoms with E-state index in [9.17, 15) is 14.9 Å². The molecule has 1 amide bonds. The van der Waals surface area contributed by atoms with E-state index in [2.05, 4.69) is 10.5 Å². The van der Waals surface area contributed by atoms with E-state index >= 15 is 0 Å². The molecule has 3 aromatic rings. The number of nitro groups is 1. The first-order valence-electron chi connectivity index (χ1n) is 7.35. The highest BCUT2D eigenvalue weighted by molar-refractivity contribution is 7.16. The average molecular weight is 354 g/mol. The van der Waals surface area contributed by atoms with Gasteiger partial charge < -0.3 is 4.57 Å². The first kappa shape index (κ1) is 16.6. The number of nitrogens with one attached hydrogen (secondary N) is 1. The lowest BCUT2D eigenvalue weighted by Gasteiger charge is -1.96. The van der Waals surface area contributed by atoms with E-state index in [1.807, 2.05) is 35.9 Å². The molecule has 1 N–H and O–H groups in total. The molecule has 0 atom stereocenters. The van der Waals surface area contributed by atoms with Gasteiger partial charge in [0, 0.05) is 25.3 Å². The Morgan fingerprint density at radius 2 is 1.96 bits per heavy atom. The minimum atomic E-state index is -0.468. The molecule has 0 saturated heterocycles. The quantitative estimate of drug-likeness (QED) is 0.444. The number of thiazole rings is 1. The molecule has 0 aliphatic rings. The van der Waals surface area contributed by atoms with E-state index in [-0.39, 0.29) is 11.6 Å². The number of aryl methyl sites for hydroxylation is 1. The van der Waals surface area contributed by atoms with Crippen molar-refractivity contribution in [3.05, 3.63) is 75.1 Å². The number of aromatic nitrogens is 1. The van der Waals surface area contributed by atoms with E-state index < -0.39 is 4.92 Å². The number of amides is 1. The molecular weight excluding hydrogens is 340 g/mol. The van der Waals surface area contributed by atoms with Crippen LogP contribution in [-0.4, -0.2) is 15.4 Å². The van der Waals surface area contributed by atoms with Crippen LogP contribution in [0.25, 0.3) is 16.3 Å². The third kappa shape index (κ3) is 3.81. The summed E-state index contributed by atoms with van der Waals surface area (Å²) in [6, 6.07) is 13.8. The molecule has 0 bridgehead atoms. The Bertz CT molecular complexity index is 1030. The van der Waals surface area contributed by atoms with Crippen molar-refractivity contribution in [1.82, 2.24) is 9.99 Å². The monoisotopic (exact) mass is 354 g/mol. The molecule has 0 aliphatic carbocycles. The van der Waals surface area contributed by atoms with Crippen molar-refractivity contribution in [1.29, 1.82) is 0 Å². The number of fused-ring (bicyclic) bond motifs is 1. The highest BCUT2D eigenvalue weighted by Gasteiger charge is 2.03. The summed E-state index contributed by atoms with van der Waals surface area (Å²) in [5.41, 5.74) is 4.22. The summed E-state index contributed by atoms with van der Waals surface area (Å²) < 4.78 is 2.99. The smallest absolute Gasteiger partial charge is 0.269 e. The molecule has 0 spiro atoms. The maximum Gasteiger partial charge on any atom is 0.269 e. The van der Waals surface area contributed by atoms with E-state index in [0.717, 1.165) is 10.2 Å². The maximum atomic E-state index is 11.9. The van der Waals surface area contributed by atoms with E-state index in [1.54, 1.807) is 18.2 Å². The number of carbonyl (C=O) groups excluding carboxylic acids is 1. The molecule has 8 heteroatoms. The van der Waals surface area contributed by atoms with Crippen molar-refractivity contribution < 1.29 is 9.72 Å². The summed E-state index contributed by atoms with van der Waals surface area (Å²) in [7, 11) is 1.89. The second kappa shape index (κ2) is 7.10. The molecule has 0 unspecified atom stereocenters. The van der Waals surface area contributed by atoms with Gasteiger partial charge in [-0.15, -0.1) is 5.10 Å². The Morgan fingerprint density at radius 3 is 2.64 bits per heavy atom. The van der Waals surface area contributed by atoms with Gasteiger partial charge in [-0.25, -0.2) is 5.43 Å². The molecule has 25 heavy (non-hydrogen) atoms. The SMILES string of the molecule is Cn1/c(=N\NC(=O)/C=C/c2ccc([N+](=O)[O-])cc2)sc2ccccc21. The number of hydrogen-bond donors (Lipinski definition) is 1. The third-order valence-corrected chi connectivity index (χ3v) is 4.62. The number of para-hydroxylation sites is 1. The molecule has 0 saturated carbocycles. The Balaban J connectivity index is 1.71. The number of rotatable bonds is 4. The summed E-state index contributed by atoms with van der Waals surface area (Å²) in [6.07, 6.45) is 2.90. The Morgan fingerprint density at radius 1 is 1.24 bits per heavy atom. The van der Waals surface area contributed by atoms with Gasteiger partial charge in [-0.3, -0.25) is 14.9 Å². The van der Waals surface area contributed by atoms with E-state index in [1.165, 1.54) is 29.5 Å². The molecule has 7 nitrogen and oxygen atoms in total. The van der Waals surface area contributed by atoms with Crippen molar-refractivity contribution >= 4 is 39.2 Å². The summed E-state index contributed by atoms with van der Waals surface area (Å²) >= 11 is 1.48. The fraction of sp³-hybridized carbons (Fsp3) is 0.0588. The molecular formula is C17H14N4O3S. The number of nitro benzene ring substituents is 1. The molecule has 0 fully saturated rings. The lowest BCUT2D eigenvalue weighted by atomic mass is 10.2. The van der Waals surface area contributed by atoms with E-state index in [0.29, 0.717) is 10.4 Å². The number of carbonyl (C=O) groups is 1. The highest BCUT2D eigenvalue weighted by atomic mass is 32.1. The fourth-order valence-corrected chi connectivity index (χ4v) is 3.19. The minimum absolute atomic E-state index is 0.00821. The fourth-order valence-electron chi connectivity index (χ4n) is 2.21. The van der Waals surface area contributed by atoms with Crippen molar-refractivity contribution in [3.8, 4) is 0 Å². The van der Waals surface area contributed by atoms with E-state index in [4.69, 9.17) is 0 Å². The second-order valence-corrected chi connectivity index (χ2v) is 6.19. The third-order valence-electron chi connectivity index (χ3n) is 3.51. The van der Waals surface area contributed by atoms with Crippen molar-refractivity contribution in [2.75, 3.05) is 0 Å². The summed E-state index contributed by atoms with van der Waals surface area (Å²) in [4.78, 5) is 22.7. The second-order valence-electron chi connectivity index (χ2n) is 5.18. The van der Waals surface area contributed by atoms with Gasteiger partial charge >= 0.3 is 0 Å². The van der Waals surface area contributed by atoms with Crippen molar-refractivity contribution in [2.45, 2.75) is 0 Å². The van der Waals surface area contributed by atoms with Gasteiger partial charge in [0.2, 0.25) is 4.80 Å². The first-order valence-corrected chi connectivity index (χ1v) is 8.17. The summed E-state index contributed by atoms with van der Waals surface area (Å²) in [6.45, 7) is 0. The van der Waals surface area contributed by atoms with Gasteiger partial charge in [0.1, 0.15) is 0 Å². The average Bonchev–Trinajstić information content (AvgIpc) is 2.95. The largest absolute Gasteiger partial charge is 0.318 e. The molecule has 3 rings (SSSR count). The molecule has 0 aliphatic heterocycles. The van der Waals surface area contributed by atoms with Crippen LogP contribution in [0.15, 0.2) is 59.7 Å². The van der Waals surface area contributed by atoms with Gasteiger partial charge in [0.25, 0.3) is 11.6 Å². The lowest BCUT2D eigenvalue weighted by molar-refractivity contribution is -0.384. The number of benzene rings is 2. The number of nitrogens with zero attached hydrogens (tertiary/aromatic N) is 3. The van der Waals surface area contributed by atoms with Gasteiger partial charge in [-0.1, -0.05) is 23.5 Å². The van der Waals surface area contributed by atoms with Gasteiger partial charge in [-0.2, -0.15) is 0 Å². The van der Waals surface area contributed by atoms with Crippen LogP contribution < -0.4 is 10.2 Å². The highest BCUT2D eigenvalue weighted by Crippen LogP contribution is 2.15. The van der Waals surface area contributed by atoms with Gasteiger partial charge in [0.05, 0.1) is 15.1 Å². The zero-order valence-electron chi connectivity index (χ0n) is 13.2. The van der Waals surface area contributed by atoms with Crippen LogP contribution >= 0.6 is 11.3 Å². The zero-order valence-corrected chi connectivity index (χ0v) is 14.1. The zero-order chi connectivity index (χ0) is 17.8. The first-order chi connectivity index (χ1) is 12.0. The molecule has 126 valence electrons. The van der Waals surface area contributed by atoms with Crippen LogP contribution in [0.5, 0.6) is 0 Å².